The third-order valence-electron chi connectivity index (χ3n) is 4.55. The third kappa shape index (κ3) is 3.33. The van der Waals surface area contributed by atoms with Gasteiger partial charge in [0.25, 0.3) is 0 Å². The predicted molar refractivity (Wildman–Crippen MR) is 96.1 cm³/mol. The standard InChI is InChI=1S/C19H15F3N4O3/c1-24-18(28)29-17(12-2-4-13(5-3-12)19(20,21)22)26(24)15-10-14(6-7-16(15)27)25-9-8-23-11-25/h2-11,17,27H,1H3. The van der Waals surface area contributed by atoms with Crippen molar-refractivity contribution in [3.63, 3.8) is 0 Å². The maximum Gasteiger partial charge on any atom is 0.430 e. The zero-order valence-corrected chi connectivity index (χ0v) is 15.0. The Bertz CT molecular complexity index is 1040. The van der Waals surface area contributed by atoms with E-state index in [9.17, 15) is 23.1 Å². The molecule has 0 radical (unpaired) electrons. The number of hydrogen-bond acceptors (Lipinski definition) is 5. The minimum atomic E-state index is -4.47. The van der Waals surface area contributed by atoms with Gasteiger partial charge in [-0.15, -0.1) is 0 Å². The summed E-state index contributed by atoms with van der Waals surface area (Å²) in [6.07, 6.45) is -1.36. The minimum Gasteiger partial charge on any atom is -0.506 e. The van der Waals surface area contributed by atoms with Crippen LogP contribution in [-0.4, -0.2) is 32.8 Å². The highest BCUT2D eigenvalue weighted by molar-refractivity contribution is 5.76. The summed E-state index contributed by atoms with van der Waals surface area (Å²) in [7, 11) is 1.44. The van der Waals surface area contributed by atoms with Crippen LogP contribution >= 0.6 is 0 Å². The summed E-state index contributed by atoms with van der Waals surface area (Å²) in [6.45, 7) is 0. The Hall–Kier alpha value is -3.69. The Morgan fingerprint density at radius 2 is 1.86 bits per heavy atom. The molecule has 2 heterocycles. The van der Waals surface area contributed by atoms with Crippen LogP contribution in [0.3, 0.4) is 0 Å². The minimum absolute atomic E-state index is 0.129. The summed E-state index contributed by atoms with van der Waals surface area (Å²) in [5.41, 5.74) is 0.419. The molecular formula is C19H15F3N4O3. The highest BCUT2D eigenvalue weighted by Gasteiger charge is 2.40. The number of carbonyl (C=O) groups excluding carboxylic acids is 1. The molecule has 1 saturated heterocycles. The average molecular weight is 404 g/mol. The van der Waals surface area contributed by atoms with E-state index >= 15 is 0 Å². The molecule has 0 aliphatic carbocycles. The van der Waals surface area contributed by atoms with Crippen LogP contribution in [0, 0.1) is 0 Å². The van der Waals surface area contributed by atoms with Crippen LogP contribution in [0.4, 0.5) is 23.7 Å². The second-order valence-corrected chi connectivity index (χ2v) is 6.37. The maximum atomic E-state index is 12.8. The highest BCUT2D eigenvalue weighted by Crippen LogP contribution is 2.41. The molecule has 3 aromatic rings. The number of carbonyl (C=O) groups is 1. The van der Waals surface area contributed by atoms with Crippen molar-refractivity contribution in [1.82, 2.24) is 14.6 Å². The summed E-state index contributed by atoms with van der Waals surface area (Å²) in [5, 5.41) is 12.9. The quantitative estimate of drug-likeness (QED) is 0.712. The Kier molecular flexibility index (Phi) is 4.33. The number of alkyl halides is 3. The van der Waals surface area contributed by atoms with Gasteiger partial charge in [-0.05, 0) is 30.3 Å². The predicted octanol–water partition coefficient (Wildman–Crippen LogP) is 4.10. The fraction of sp³-hybridized carbons (Fsp3) is 0.158. The number of benzene rings is 2. The number of phenolic OH excluding ortho intramolecular Hbond substituents is 1. The summed E-state index contributed by atoms with van der Waals surface area (Å²) in [5.74, 6) is -0.129. The van der Waals surface area contributed by atoms with Crippen LogP contribution in [-0.2, 0) is 10.9 Å². The van der Waals surface area contributed by atoms with E-state index in [2.05, 4.69) is 4.98 Å². The molecule has 4 rings (SSSR count). The number of halogens is 3. The zero-order valence-electron chi connectivity index (χ0n) is 15.0. The Morgan fingerprint density at radius 3 is 2.48 bits per heavy atom. The van der Waals surface area contributed by atoms with E-state index in [1.807, 2.05) is 0 Å². The monoisotopic (exact) mass is 404 g/mol. The SMILES string of the molecule is CN1C(=O)OC(c2ccc(C(F)(F)F)cc2)N1c1cc(-n2ccnc2)ccc1O. The van der Waals surface area contributed by atoms with Crippen molar-refractivity contribution < 1.29 is 27.8 Å². The van der Waals surface area contributed by atoms with Crippen LogP contribution in [0.25, 0.3) is 5.69 Å². The van der Waals surface area contributed by atoms with Crippen LogP contribution in [0.2, 0.25) is 0 Å². The molecule has 1 N–H and O–H groups in total. The van der Waals surface area contributed by atoms with E-state index in [1.54, 1.807) is 35.4 Å². The fourth-order valence-corrected chi connectivity index (χ4v) is 3.07. The molecule has 0 saturated carbocycles. The van der Waals surface area contributed by atoms with Crippen molar-refractivity contribution in [2.24, 2.45) is 0 Å². The van der Waals surface area contributed by atoms with Crippen LogP contribution < -0.4 is 5.01 Å². The number of hydrogen-bond donors (Lipinski definition) is 1. The van der Waals surface area contributed by atoms with Gasteiger partial charge in [0, 0.05) is 30.7 Å². The number of hydrazine groups is 1. The van der Waals surface area contributed by atoms with Gasteiger partial charge in [-0.25, -0.2) is 19.8 Å². The molecule has 2 aromatic carbocycles. The average Bonchev–Trinajstić information content (AvgIpc) is 3.31. The second-order valence-electron chi connectivity index (χ2n) is 6.37. The van der Waals surface area contributed by atoms with Crippen molar-refractivity contribution in [2.75, 3.05) is 12.1 Å². The number of anilines is 1. The lowest BCUT2D eigenvalue weighted by Crippen LogP contribution is -2.36. The van der Waals surface area contributed by atoms with E-state index < -0.39 is 24.1 Å². The molecule has 1 unspecified atom stereocenters. The molecule has 29 heavy (non-hydrogen) atoms. The number of aromatic hydroxyl groups is 1. The van der Waals surface area contributed by atoms with Crippen molar-refractivity contribution in [3.8, 4) is 11.4 Å². The van der Waals surface area contributed by atoms with Crippen LogP contribution in [0.15, 0.2) is 61.2 Å². The summed E-state index contributed by atoms with van der Waals surface area (Å²) in [6, 6.07) is 9.04. The molecule has 1 aliphatic heterocycles. The molecule has 1 atom stereocenters. The number of ether oxygens (including phenoxy) is 1. The number of aromatic nitrogens is 2. The van der Waals surface area contributed by atoms with Gasteiger partial charge in [0.2, 0.25) is 6.23 Å². The lowest BCUT2D eigenvalue weighted by molar-refractivity contribution is -0.137. The number of phenols is 1. The van der Waals surface area contributed by atoms with E-state index in [0.29, 0.717) is 11.3 Å². The van der Waals surface area contributed by atoms with Crippen molar-refractivity contribution in [1.29, 1.82) is 0 Å². The van der Waals surface area contributed by atoms with E-state index in [4.69, 9.17) is 4.74 Å². The molecule has 0 bridgehead atoms. The maximum absolute atomic E-state index is 12.8. The molecule has 0 spiro atoms. The zero-order chi connectivity index (χ0) is 20.8. The number of rotatable bonds is 3. The van der Waals surface area contributed by atoms with Crippen LogP contribution in [0.5, 0.6) is 5.75 Å². The van der Waals surface area contributed by atoms with Gasteiger partial charge in [-0.2, -0.15) is 13.2 Å². The Labute approximate surface area is 163 Å². The number of cyclic esters (lactones) is 1. The van der Waals surface area contributed by atoms with Gasteiger partial charge < -0.3 is 14.4 Å². The van der Waals surface area contributed by atoms with Gasteiger partial charge >= 0.3 is 12.3 Å². The molecule has 150 valence electrons. The molecule has 10 heteroatoms. The summed E-state index contributed by atoms with van der Waals surface area (Å²) < 4.78 is 45.6. The lowest BCUT2D eigenvalue weighted by Gasteiger charge is -2.29. The number of imidazole rings is 1. The summed E-state index contributed by atoms with van der Waals surface area (Å²) >= 11 is 0. The van der Waals surface area contributed by atoms with Crippen molar-refractivity contribution in [2.45, 2.75) is 12.4 Å². The fourth-order valence-electron chi connectivity index (χ4n) is 3.07. The molecule has 7 nitrogen and oxygen atoms in total. The van der Waals surface area contributed by atoms with Gasteiger partial charge in [0.05, 0.1) is 11.9 Å². The first kappa shape index (κ1) is 18.7. The molecule has 1 fully saturated rings. The molecule has 1 aliphatic rings. The smallest absolute Gasteiger partial charge is 0.430 e. The Balaban J connectivity index is 1.75. The first-order valence-corrected chi connectivity index (χ1v) is 8.47. The number of amides is 1. The largest absolute Gasteiger partial charge is 0.506 e. The van der Waals surface area contributed by atoms with Gasteiger partial charge in [-0.1, -0.05) is 12.1 Å². The number of nitrogens with zero attached hydrogens (tertiary/aromatic N) is 4. The van der Waals surface area contributed by atoms with Crippen molar-refractivity contribution >= 4 is 11.8 Å². The lowest BCUT2D eigenvalue weighted by atomic mass is 10.1. The second kappa shape index (κ2) is 6.73. The third-order valence-corrected chi connectivity index (χ3v) is 4.55. The summed E-state index contributed by atoms with van der Waals surface area (Å²) in [4.78, 5) is 16.1. The first-order valence-electron chi connectivity index (χ1n) is 8.47. The molecule has 1 aromatic heterocycles. The van der Waals surface area contributed by atoms with Gasteiger partial charge in [0.15, 0.2) is 0 Å². The van der Waals surface area contributed by atoms with Crippen LogP contribution in [0.1, 0.15) is 17.4 Å². The van der Waals surface area contributed by atoms with Gasteiger partial charge in [-0.3, -0.25) is 0 Å². The van der Waals surface area contributed by atoms with E-state index in [-0.39, 0.29) is 11.4 Å². The van der Waals surface area contributed by atoms with Crippen molar-refractivity contribution in [3.05, 3.63) is 72.3 Å². The molecule has 1 amide bonds. The first-order chi connectivity index (χ1) is 13.8. The molecular weight excluding hydrogens is 389 g/mol. The topological polar surface area (TPSA) is 70.8 Å². The normalized spacial score (nSPS) is 17.0. The van der Waals surface area contributed by atoms with Gasteiger partial charge in [0.1, 0.15) is 11.4 Å². The van der Waals surface area contributed by atoms with E-state index in [1.165, 1.54) is 30.3 Å². The highest BCUT2D eigenvalue weighted by atomic mass is 19.4. The Morgan fingerprint density at radius 1 is 1.14 bits per heavy atom. The van der Waals surface area contributed by atoms with E-state index in [0.717, 1.165) is 17.1 Å².